The van der Waals surface area contributed by atoms with Gasteiger partial charge in [0.05, 0.1) is 5.56 Å². The summed E-state index contributed by atoms with van der Waals surface area (Å²) >= 11 is 0. The smallest absolute Gasteiger partial charge is 0.343 e. The van der Waals surface area contributed by atoms with Crippen molar-refractivity contribution >= 4 is 5.97 Å². The van der Waals surface area contributed by atoms with Crippen LogP contribution in [0.15, 0.2) is 48.5 Å². The van der Waals surface area contributed by atoms with Gasteiger partial charge in [-0.15, -0.1) is 0 Å². The lowest BCUT2D eigenvalue weighted by Crippen LogP contribution is -2.08. The first kappa shape index (κ1) is 10.4. The molecule has 0 spiro atoms. The molecular formula is C13H8FO2. The molecule has 0 aromatic heterocycles. The van der Waals surface area contributed by atoms with Crippen LogP contribution in [0, 0.1) is 11.9 Å². The van der Waals surface area contributed by atoms with Gasteiger partial charge in [0.1, 0.15) is 11.6 Å². The molecule has 2 aromatic rings. The van der Waals surface area contributed by atoms with Crippen LogP contribution in [0.1, 0.15) is 10.4 Å². The highest BCUT2D eigenvalue weighted by atomic mass is 19.1. The Kier molecular flexibility index (Phi) is 2.96. The molecule has 2 rings (SSSR count). The highest BCUT2D eigenvalue weighted by molar-refractivity contribution is 5.90. The Morgan fingerprint density at radius 2 is 1.94 bits per heavy atom. The van der Waals surface area contributed by atoms with Crippen LogP contribution in [0.2, 0.25) is 0 Å². The highest BCUT2D eigenvalue weighted by Gasteiger charge is 2.08. The van der Waals surface area contributed by atoms with Crippen LogP contribution in [0.25, 0.3) is 0 Å². The number of carbonyl (C=O) groups excluding carboxylic acids is 1. The maximum atomic E-state index is 12.9. The third-order valence-corrected chi connectivity index (χ3v) is 1.96. The number of rotatable bonds is 2. The van der Waals surface area contributed by atoms with Gasteiger partial charge in [0.25, 0.3) is 0 Å². The van der Waals surface area contributed by atoms with E-state index in [2.05, 4.69) is 6.07 Å². The molecule has 3 heteroatoms. The maximum absolute atomic E-state index is 12.9. The van der Waals surface area contributed by atoms with Crippen LogP contribution >= 0.6 is 0 Å². The first-order valence-electron chi connectivity index (χ1n) is 4.69. The van der Waals surface area contributed by atoms with E-state index in [1.54, 1.807) is 24.3 Å². The van der Waals surface area contributed by atoms with Gasteiger partial charge in [0, 0.05) is 0 Å². The molecule has 0 unspecified atom stereocenters. The van der Waals surface area contributed by atoms with Gasteiger partial charge >= 0.3 is 5.97 Å². The average Bonchev–Trinajstić information content (AvgIpc) is 2.30. The van der Waals surface area contributed by atoms with Crippen LogP contribution in [0.5, 0.6) is 5.75 Å². The number of halogens is 1. The van der Waals surface area contributed by atoms with Crippen LogP contribution < -0.4 is 4.74 Å². The molecule has 0 saturated carbocycles. The lowest BCUT2D eigenvalue weighted by Gasteiger charge is -2.03. The van der Waals surface area contributed by atoms with Gasteiger partial charge in [0.15, 0.2) is 0 Å². The fourth-order valence-corrected chi connectivity index (χ4v) is 1.22. The average molecular weight is 215 g/mol. The Balaban J connectivity index is 2.15. The van der Waals surface area contributed by atoms with Crippen molar-refractivity contribution in [3.63, 3.8) is 0 Å². The SMILES string of the molecule is O=C(Oc1cc[c]cc1)c1cccc(F)c1. The van der Waals surface area contributed by atoms with Gasteiger partial charge in [-0.2, -0.15) is 0 Å². The van der Waals surface area contributed by atoms with Crippen LogP contribution in [-0.2, 0) is 0 Å². The molecule has 0 aliphatic carbocycles. The van der Waals surface area contributed by atoms with Crippen molar-refractivity contribution < 1.29 is 13.9 Å². The molecule has 2 nitrogen and oxygen atoms in total. The number of carbonyl (C=O) groups is 1. The minimum absolute atomic E-state index is 0.188. The molecule has 0 fully saturated rings. The standard InChI is InChI=1S/C13H8FO2/c14-11-6-4-5-10(9-11)13(15)16-12-7-2-1-3-8-12/h2-9H. The summed E-state index contributed by atoms with van der Waals surface area (Å²) in [6.45, 7) is 0. The highest BCUT2D eigenvalue weighted by Crippen LogP contribution is 2.12. The maximum Gasteiger partial charge on any atom is 0.343 e. The monoisotopic (exact) mass is 215 g/mol. The van der Waals surface area contributed by atoms with Gasteiger partial charge in [0.2, 0.25) is 0 Å². The molecule has 16 heavy (non-hydrogen) atoms. The van der Waals surface area contributed by atoms with E-state index in [0.717, 1.165) is 6.07 Å². The number of ether oxygens (including phenoxy) is 1. The molecule has 2 aromatic carbocycles. The predicted molar refractivity (Wildman–Crippen MR) is 56.6 cm³/mol. The predicted octanol–water partition coefficient (Wildman–Crippen LogP) is 2.85. The topological polar surface area (TPSA) is 26.3 Å². The van der Waals surface area contributed by atoms with Crippen molar-refractivity contribution in [2.75, 3.05) is 0 Å². The van der Waals surface area contributed by atoms with Gasteiger partial charge in [-0.3, -0.25) is 0 Å². The number of hydrogen-bond donors (Lipinski definition) is 0. The summed E-state index contributed by atoms with van der Waals surface area (Å²) < 4.78 is 17.9. The van der Waals surface area contributed by atoms with Gasteiger partial charge < -0.3 is 4.74 Å². The lowest BCUT2D eigenvalue weighted by molar-refractivity contribution is 0.0734. The summed E-state index contributed by atoms with van der Waals surface area (Å²) in [5, 5.41) is 0. The van der Waals surface area contributed by atoms with E-state index in [1.165, 1.54) is 18.2 Å². The summed E-state index contributed by atoms with van der Waals surface area (Å²) in [6, 6.07) is 14.7. The second-order valence-electron chi connectivity index (χ2n) is 3.14. The summed E-state index contributed by atoms with van der Waals surface area (Å²) in [5.41, 5.74) is 0.188. The Morgan fingerprint density at radius 3 is 2.62 bits per heavy atom. The molecule has 0 aliphatic rings. The molecule has 0 heterocycles. The third-order valence-electron chi connectivity index (χ3n) is 1.96. The quantitative estimate of drug-likeness (QED) is 0.568. The molecule has 1 radical (unpaired) electrons. The second-order valence-corrected chi connectivity index (χ2v) is 3.14. The summed E-state index contributed by atoms with van der Waals surface area (Å²) in [7, 11) is 0. The molecule has 0 N–H and O–H groups in total. The first-order chi connectivity index (χ1) is 7.75. The zero-order chi connectivity index (χ0) is 11.4. The van der Waals surface area contributed by atoms with Crippen molar-refractivity contribution in [3.8, 4) is 5.75 Å². The minimum Gasteiger partial charge on any atom is -0.423 e. The van der Waals surface area contributed by atoms with E-state index < -0.39 is 11.8 Å². The molecular weight excluding hydrogens is 207 g/mol. The molecule has 0 bridgehead atoms. The normalized spacial score (nSPS) is 9.81. The summed E-state index contributed by atoms with van der Waals surface area (Å²) in [4.78, 5) is 11.6. The van der Waals surface area contributed by atoms with Crippen molar-refractivity contribution in [1.82, 2.24) is 0 Å². The molecule has 0 atom stereocenters. The first-order valence-corrected chi connectivity index (χ1v) is 4.69. The fraction of sp³-hybridized carbons (Fsp3) is 0. The largest absolute Gasteiger partial charge is 0.423 e. The Labute approximate surface area is 92.3 Å². The van der Waals surface area contributed by atoms with E-state index in [0.29, 0.717) is 5.75 Å². The molecule has 79 valence electrons. The van der Waals surface area contributed by atoms with E-state index in [-0.39, 0.29) is 5.56 Å². The fourth-order valence-electron chi connectivity index (χ4n) is 1.22. The van der Waals surface area contributed by atoms with Crippen LogP contribution in [-0.4, -0.2) is 5.97 Å². The number of esters is 1. The van der Waals surface area contributed by atoms with Crippen molar-refractivity contribution in [3.05, 3.63) is 66.0 Å². The summed E-state index contributed by atoms with van der Waals surface area (Å²) in [5.74, 6) is -0.630. The van der Waals surface area contributed by atoms with Crippen molar-refractivity contribution in [2.45, 2.75) is 0 Å². The van der Waals surface area contributed by atoms with E-state index in [4.69, 9.17) is 4.74 Å². The third kappa shape index (κ3) is 2.45. The van der Waals surface area contributed by atoms with Crippen molar-refractivity contribution in [1.29, 1.82) is 0 Å². The molecule has 0 aliphatic heterocycles. The van der Waals surface area contributed by atoms with Crippen LogP contribution in [0.3, 0.4) is 0 Å². The van der Waals surface area contributed by atoms with E-state index in [1.807, 2.05) is 0 Å². The van der Waals surface area contributed by atoms with E-state index in [9.17, 15) is 9.18 Å². The zero-order valence-electron chi connectivity index (χ0n) is 8.31. The number of benzene rings is 2. The molecule has 0 amide bonds. The Bertz CT molecular complexity index is 494. The summed E-state index contributed by atoms with van der Waals surface area (Å²) in [6.07, 6.45) is 0. The minimum atomic E-state index is -0.578. The van der Waals surface area contributed by atoms with Gasteiger partial charge in [-0.05, 0) is 36.4 Å². The van der Waals surface area contributed by atoms with Gasteiger partial charge in [-0.25, -0.2) is 9.18 Å². The van der Waals surface area contributed by atoms with Crippen molar-refractivity contribution in [2.24, 2.45) is 0 Å². The Morgan fingerprint density at radius 1 is 1.19 bits per heavy atom. The number of hydrogen-bond acceptors (Lipinski definition) is 2. The van der Waals surface area contributed by atoms with Gasteiger partial charge in [-0.1, -0.05) is 18.2 Å². The molecule has 0 saturated heterocycles. The zero-order valence-corrected chi connectivity index (χ0v) is 8.31. The lowest BCUT2D eigenvalue weighted by atomic mass is 10.2. The second kappa shape index (κ2) is 4.57. The van der Waals surface area contributed by atoms with Crippen LogP contribution in [0.4, 0.5) is 4.39 Å². The Hall–Kier alpha value is -2.16. The van der Waals surface area contributed by atoms with E-state index >= 15 is 0 Å².